The molecule has 102 valence electrons. The van der Waals surface area contributed by atoms with Crippen molar-refractivity contribution in [1.29, 1.82) is 0 Å². The summed E-state index contributed by atoms with van der Waals surface area (Å²) in [4.78, 5) is 0. The van der Waals surface area contributed by atoms with Crippen molar-refractivity contribution < 1.29 is 4.42 Å². The first-order valence-corrected chi connectivity index (χ1v) is 7.37. The highest BCUT2D eigenvalue weighted by Crippen LogP contribution is 2.30. The van der Waals surface area contributed by atoms with Crippen LogP contribution in [0.25, 0.3) is 5.69 Å². The molecule has 0 saturated heterocycles. The summed E-state index contributed by atoms with van der Waals surface area (Å²) in [6, 6.07) is 13.8. The summed E-state index contributed by atoms with van der Waals surface area (Å²) in [6.07, 6.45) is 1.69. The van der Waals surface area contributed by atoms with Gasteiger partial charge in [0.15, 0.2) is 5.82 Å². The third kappa shape index (κ3) is 2.75. The van der Waals surface area contributed by atoms with E-state index in [0.29, 0.717) is 0 Å². The smallest absolute Gasteiger partial charge is 0.169 e. The Morgan fingerprint density at radius 3 is 2.80 bits per heavy atom. The lowest BCUT2D eigenvalue weighted by Crippen LogP contribution is -2.05. The first-order valence-electron chi connectivity index (χ1n) is 6.32. The van der Waals surface area contributed by atoms with Crippen LogP contribution in [0, 0.1) is 0 Å². The molecule has 0 spiro atoms. The standard InChI is InChI=1S/C14H14N4OS/c1-11(20-10-13-8-5-9-19-13)14-15-16-17-18(14)12-6-3-2-4-7-12/h2-9,11H,10H2,1H3/t11-/m0/s1. The van der Waals surface area contributed by atoms with Crippen molar-refractivity contribution in [3.8, 4) is 5.69 Å². The summed E-state index contributed by atoms with van der Waals surface area (Å²) in [5.41, 5.74) is 0.970. The molecule has 3 aromatic rings. The molecule has 0 radical (unpaired) electrons. The fourth-order valence-electron chi connectivity index (χ4n) is 1.88. The van der Waals surface area contributed by atoms with Crippen LogP contribution in [-0.2, 0) is 5.75 Å². The number of tetrazole rings is 1. The molecule has 0 unspecified atom stereocenters. The highest BCUT2D eigenvalue weighted by molar-refractivity contribution is 7.98. The normalized spacial score (nSPS) is 12.4. The molecule has 0 amide bonds. The van der Waals surface area contributed by atoms with Gasteiger partial charge in [0.25, 0.3) is 0 Å². The predicted octanol–water partition coefficient (Wildman–Crippen LogP) is 3.25. The zero-order chi connectivity index (χ0) is 13.8. The van der Waals surface area contributed by atoms with Gasteiger partial charge in [0.05, 0.1) is 23.0 Å². The molecular weight excluding hydrogens is 272 g/mol. The second kappa shape index (κ2) is 5.92. The second-order valence-corrected chi connectivity index (χ2v) is 5.65. The number of thioether (sulfide) groups is 1. The minimum atomic E-state index is 0.176. The fraction of sp³-hybridized carbons (Fsp3) is 0.214. The monoisotopic (exact) mass is 286 g/mol. The summed E-state index contributed by atoms with van der Waals surface area (Å²) >= 11 is 1.74. The van der Waals surface area contributed by atoms with Crippen LogP contribution in [0.5, 0.6) is 0 Å². The Kier molecular flexibility index (Phi) is 3.83. The van der Waals surface area contributed by atoms with Gasteiger partial charge in [-0.15, -0.1) is 16.9 Å². The van der Waals surface area contributed by atoms with Crippen molar-refractivity contribution >= 4 is 11.8 Å². The first kappa shape index (κ1) is 12.9. The van der Waals surface area contributed by atoms with Crippen LogP contribution in [0.3, 0.4) is 0 Å². The lowest BCUT2D eigenvalue weighted by atomic mass is 10.3. The second-order valence-electron chi connectivity index (χ2n) is 4.32. The lowest BCUT2D eigenvalue weighted by molar-refractivity contribution is 0.530. The molecule has 1 atom stereocenters. The third-order valence-corrected chi connectivity index (χ3v) is 4.08. The summed E-state index contributed by atoms with van der Waals surface area (Å²) < 4.78 is 7.11. The Morgan fingerprint density at radius 1 is 1.20 bits per heavy atom. The van der Waals surface area contributed by atoms with Gasteiger partial charge in [-0.05, 0) is 41.6 Å². The fourth-order valence-corrected chi connectivity index (χ4v) is 2.75. The maximum absolute atomic E-state index is 5.34. The van der Waals surface area contributed by atoms with Crippen molar-refractivity contribution in [2.45, 2.75) is 17.9 Å². The molecule has 0 N–H and O–H groups in total. The van der Waals surface area contributed by atoms with Crippen LogP contribution in [0.4, 0.5) is 0 Å². The molecule has 0 aliphatic rings. The zero-order valence-electron chi connectivity index (χ0n) is 11.0. The van der Waals surface area contributed by atoms with Crippen LogP contribution in [0.1, 0.15) is 23.8 Å². The van der Waals surface area contributed by atoms with Gasteiger partial charge in [-0.2, -0.15) is 4.68 Å². The molecule has 20 heavy (non-hydrogen) atoms. The van der Waals surface area contributed by atoms with Gasteiger partial charge in [-0.3, -0.25) is 0 Å². The number of hydrogen-bond donors (Lipinski definition) is 0. The van der Waals surface area contributed by atoms with E-state index in [1.807, 2.05) is 42.5 Å². The topological polar surface area (TPSA) is 56.7 Å². The molecule has 2 heterocycles. The summed E-state index contributed by atoms with van der Waals surface area (Å²) in [5, 5.41) is 12.2. The molecule has 6 heteroatoms. The van der Waals surface area contributed by atoms with Crippen LogP contribution >= 0.6 is 11.8 Å². The Labute approximate surface area is 121 Å². The molecule has 1 aromatic carbocycles. The minimum Gasteiger partial charge on any atom is -0.468 e. The quantitative estimate of drug-likeness (QED) is 0.720. The van der Waals surface area contributed by atoms with Gasteiger partial charge in [0.1, 0.15) is 5.76 Å². The Balaban J connectivity index is 1.75. The molecule has 0 bridgehead atoms. The van der Waals surface area contributed by atoms with Gasteiger partial charge in [0.2, 0.25) is 0 Å². The van der Waals surface area contributed by atoms with E-state index in [-0.39, 0.29) is 5.25 Å². The predicted molar refractivity (Wildman–Crippen MR) is 77.6 cm³/mol. The van der Waals surface area contributed by atoms with E-state index in [1.54, 1.807) is 22.7 Å². The van der Waals surface area contributed by atoms with Gasteiger partial charge >= 0.3 is 0 Å². The Bertz CT molecular complexity index is 651. The van der Waals surface area contributed by atoms with Crippen molar-refractivity contribution in [2.24, 2.45) is 0 Å². The number of para-hydroxylation sites is 1. The highest BCUT2D eigenvalue weighted by atomic mass is 32.2. The Morgan fingerprint density at radius 2 is 2.05 bits per heavy atom. The molecule has 0 saturated carbocycles. The average molecular weight is 286 g/mol. The third-order valence-electron chi connectivity index (χ3n) is 2.91. The van der Waals surface area contributed by atoms with E-state index in [9.17, 15) is 0 Å². The first-order chi connectivity index (χ1) is 9.84. The number of benzene rings is 1. The number of aromatic nitrogens is 4. The zero-order valence-corrected chi connectivity index (χ0v) is 11.8. The van der Waals surface area contributed by atoms with Crippen LogP contribution in [-0.4, -0.2) is 20.2 Å². The van der Waals surface area contributed by atoms with E-state index >= 15 is 0 Å². The molecular formula is C14H14N4OS. The van der Waals surface area contributed by atoms with Crippen molar-refractivity contribution in [3.63, 3.8) is 0 Å². The van der Waals surface area contributed by atoms with Gasteiger partial charge < -0.3 is 4.42 Å². The minimum absolute atomic E-state index is 0.176. The molecule has 3 rings (SSSR count). The average Bonchev–Trinajstić information content (AvgIpc) is 3.17. The van der Waals surface area contributed by atoms with Crippen molar-refractivity contribution in [1.82, 2.24) is 20.2 Å². The van der Waals surface area contributed by atoms with Gasteiger partial charge in [-0.25, -0.2) is 0 Å². The summed E-state index contributed by atoms with van der Waals surface area (Å²) in [7, 11) is 0. The number of nitrogens with zero attached hydrogens (tertiary/aromatic N) is 4. The molecule has 0 aliphatic carbocycles. The van der Waals surface area contributed by atoms with Crippen LogP contribution in [0.2, 0.25) is 0 Å². The largest absolute Gasteiger partial charge is 0.468 e. The van der Waals surface area contributed by atoms with Gasteiger partial charge in [-0.1, -0.05) is 18.2 Å². The Hall–Kier alpha value is -2.08. The number of rotatable bonds is 5. The van der Waals surface area contributed by atoms with Crippen molar-refractivity contribution in [2.75, 3.05) is 0 Å². The SMILES string of the molecule is C[C@H](SCc1ccco1)c1nnnn1-c1ccccc1. The van der Waals surface area contributed by atoms with E-state index in [2.05, 4.69) is 22.4 Å². The maximum Gasteiger partial charge on any atom is 0.169 e. The lowest BCUT2D eigenvalue weighted by Gasteiger charge is -2.10. The van der Waals surface area contributed by atoms with Crippen molar-refractivity contribution in [3.05, 3.63) is 60.3 Å². The van der Waals surface area contributed by atoms with Crippen LogP contribution < -0.4 is 0 Å². The number of hydrogen-bond acceptors (Lipinski definition) is 5. The molecule has 2 aromatic heterocycles. The van der Waals surface area contributed by atoms with Crippen LogP contribution in [0.15, 0.2) is 53.1 Å². The summed E-state index contributed by atoms with van der Waals surface area (Å²) in [5.74, 6) is 2.60. The van der Waals surface area contributed by atoms with E-state index in [4.69, 9.17) is 4.42 Å². The molecule has 0 aliphatic heterocycles. The molecule has 0 fully saturated rings. The maximum atomic E-state index is 5.34. The number of furan rings is 1. The van der Waals surface area contributed by atoms with E-state index in [1.165, 1.54) is 0 Å². The summed E-state index contributed by atoms with van der Waals surface area (Å²) in [6.45, 7) is 2.10. The van der Waals surface area contributed by atoms with E-state index < -0.39 is 0 Å². The molecule has 5 nitrogen and oxygen atoms in total. The van der Waals surface area contributed by atoms with E-state index in [0.717, 1.165) is 23.0 Å². The highest BCUT2D eigenvalue weighted by Gasteiger charge is 2.16. The van der Waals surface area contributed by atoms with Gasteiger partial charge in [0, 0.05) is 0 Å².